The molecule has 2 heterocycles. The highest BCUT2D eigenvalue weighted by molar-refractivity contribution is 5.90. The minimum absolute atomic E-state index is 0.204. The predicted molar refractivity (Wildman–Crippen MR) is 122 cm³/mol. The first kappa shape index (κ1) is 20.5. The average molecular weight is 406 g/mol. The minimum Gasteiger partial charge on any atom is -0.444 e. The number of ether oxygens (including phenoxy) is 1. The van der Waals surface area contributed by atoms with Gasteiger partial charge in [-0.1, -0.05) is 48.5 Å². The molecule has 0 atom stereocenters. The summed E-state index contributed by atoms with van der Waals surface area (Å²) in [7, 11) is 0. The summed E-state index contributed by atoms with van der Waals surface area (Å²) in [6.07, 6.45) is 0.769. The molecule has 1 saturated heterocycles. The number of aromatic nitrogens is 1. The molecule has 5 nitrogen and oxygen atoms in total. The molecule has 1 aliphatic rings. The monoisotopic (exact) mass is 405 g/mol. The molecule has 4 rings (SSSR count). The number of para-hydroxylation sites is 1. The van der Waals surface area contributed by atoms with Crippen molar-refractivity contribution in [2.75, 3.05) is 32.7 Å². The Morgan fingerprint density at radius 2 is 1.63 bits per heavy atom. The third kappa shape index (κ3) is 4.68. The number of hydrogen-bond donors (Lipinski definition) is 1. The smallest absolute Gasteiger partial charge is 0.410 e. The van der Waals surface area contributed by atoms with E-state index in [1.54, 1.807) is 0 Å². The van der Waals surface area contributed by atoms with Crippen molar-refractivity contribution in [1.29, 1.82) is 0 Å². The number of fused-ring (bicyclic) bond motifs is 1. The van der Waals surface area contributed by atoms with Gasteiger partial charge in [-0.2, -0.15) is 0 Å². The first-order valence-electron chi connectivity index (χ1n) is 10.8. The van der Waals surface area contributed by atoms with Gasteiger partial charge in [0.15, 0.2) is 0 Å². The molecule has 0 aliphatic carbocycles. The highest BCUT2D eigenvalue weighted by atomic mass is 16.6. The van der Waals surface area contributed by atoms with Crippen LogP contribution < -0.4 is 0 Å². The highest BCUT2D eigenvalue weighted by Crippen LogP contribution is 2.30. The van der Waals surface area contributed by atoms with Gasteiger partial charge in [0.2, 0.25) is 0 Å². The van der Waals surface area contributed by atoms with Crippen LogP contribution in [0.5, 0.6) is 0 Å². The van der Waals surface area contributed by atoms with Gasteiger partial charge in [-0.25, -0.2) is 4.79 Å². The molecule has 0 radical (unpaired) electrons. The molecule has 1 N–H and O–H groups in total. The van der Waals surface area contributed by atoms with Crippen LogP contribution in [-0.4, -0.2) is 59.2 Å². The fourth-order valence-corrected chi connectivity index (χ4v) is 4.06. The van der Waals surface area contributed by atoms with Crippen LogP contribution >= 0.6 is 0 Å². The first-order valence-corrected chi connectivity index (χ1v) is 10.8. The third-order valence-corrected chi connectivity index (χ3v) is 5.58. The quantitative estimate of drug-likeness (QED) is 0.669. The lowest BCUT2D eigenvalue weighted by atomic mass is 10.0. The van der Waals surface area contributed by atoms with Crippen molar-refractivity contribution in [2.24, 2.45) is 0 Å². The Morgan fingerprint density at radius 1 is 0.967 bits per heavy atom. The van der Waals surface area contributed by atoms with Gasteiger partial charge < -0.3 is 14.6 Å². The summed E-state index contributed by atoms with van der Waals surface area (Å²) in [5.74, 6) is 0. The van der Waals surface area contributed by atoms with E-state index in [-0.39, 0.29) is 6.09 Å². The third-order valence-electron chi connectivity index (χ3n) is 5.58. The van der Waals surface area contributed by atoms with Gasteiger partial charge >= 0.3 is 6.09 Å². The normalized spacial score (nSPS) is 15.5. The SMILES string of the molecule is CC(C)(C)OC(=O)N1CCN(CCc2c(-c3ccccc3)[nH]c3ccccc23)CC1. The lowest BCUT2D eigenvalue weighted by Crippen LogP contribution is -2.50. The maximum atomic E-state index is 12.3. The molecule has 0 bridgehead atoms. The summed E-state index contributed by atoms with van der Waals surface area (Å²) in [5, 5.41) is 1.30. The van der Waals surface area contributed by atoms with E-state index in [1.165, 1.54) is 27.7 Å². The summed E-state index contributed by atoms with van der Waals surface area (Å²) in [6, 6.07) is 19.1. The topological polar surface area (TPSA) is 48.6 Å². The van der Waals surface area contributed by atoms with Gasteiger partial charge in [0.1, 0.15) is 5.60 Å². The van der Waals surface area contributed by atoms with Crippen molar-refractivity contribution in [2.45, 2.75) is 32.8 Å². The van der Waals surface area contributed by atoms with E-state index in [9.17, 15) is 4.79 Å². The Balaban J connectivity index is 1.43. The van der Waals surface area contributed by atoms with Gasteiger partial charge in [-0.05, 0) is 44.4 Å². The molecular formula is C25H31N3O2. The minimum atomic E-state index is -0.447. The second-order valence-electron chi connectivity index (χ2n) is 8.95. The van der Waals surface area contributed by atoms with Crippen molar-refractivity contribution >= 4 is 17.0 Å². The van der Waals surface area contributed by atoms with Crippen LogP contribution in [0.25, 0.3) is 22.2 Å². The maximum absolute atomic E-state index is 12.3. The zero-order chi connectivity index (χ0) is 21.1. The Kier molecular flexibility index (Phi) is 5.82. The molecule has 3 aromatic rings. The van der Waals surface area contributed by atoms with Crippen LogP contribution in [-0.2, 0) is 11.2 Å². The van der Waals surface area contributed by atoms with Crippen molar-refractivity contribution < 1.29 is 9.53 Å². The molecule has 1 aromatic heterocycles. The lowest BCUT2D eigenvalue weighted by molar-refractivity contribution is 0.0146. The van der Waals surface area contributed by atoms with Crippen molar-refractivity contribution in [3.63, 3.8) is 0 Å². The van der Waals surface area contributed by atoms with Crippen LogP contribution in [0.15, 0.2) is 54.6 Å². The zero-order valence-corrected chi connectivity index (χ0v) is 18.1. The number of carbonyl (C=O) groups excluding carboxylic acids is 1. The molecule has 0 unspecified atom stereocenters. The van der Waals surface area contributed by atoms with Gasteiger partial charge in [-0.15, -0.1) is 0 Å². The Labute approximate surface area is 178 Å². The van der Waals surface area contributed by atoms with Crippen LogP contribution in [0.2, 0.25) is 0 Å². The van der Waals surface area contributed by atoms with E-state index in [0.717, 1.165) is 26.1 Å². The number of H-pyrrole nitrogens is 1. The summed E-state index contributed by atoms with van der Waals surface area (Å²) < 4.78 is 5.51. The van der Waals surface area contributed by atoms with Crippen molar-refractivity contribution in [3.05, 3.63) is 60.2 Å². The van der Waals surface area contributed by atoms with Crippen LogP contribution in [0.4, 0.5) is 4.79 Å². The number of benzene rings is 2. The summed E-state index contributed by atoms with van der Waals surface area (Å²) in [5.41, 5.74) is 4.53. The number of carbonyl (C=O) groups is 1. The number of nitrogens with zero attached hydrogens (tertiary/aromatic N) is 2. The molecule has 5 heteroatoms. The largest absolute Gasteiger partial charge is 0.444 e. The molecule has 30 heavy (non-hydrogen) atoms. The van der Waals surface area contributed by atoms with E-state index in [0.29, 0.717) is 13.1 Å². The summed E-state index contributed by atoms with van der Waals surface area (Å²) >= 11 is 0. The van der Waals surface area contributed by atoms with Crippen molar-refractivity contribution in [1.82, 2.24) is 14.8 Å². The number of rotatable bonds is 4. The average Bonchev–Trinajstić information content (AvgIpc) is 3.11. The molecule has 1 fully saturated rings. The fourth-order valence-electron chi connectivity index (χ4n) is 4.06. The standard InChI is InChI=1S/C25H31N3O2/c1-25(2,3)30-24(29)28-17-15-27(16-18-28)14-13-21-20-11-7-8-12-22(20)26-23(21)19-9-5-4-6-10-19/h4-12,26H,13-18H2,1-3H3. The van der Waals surface area contributed by atoms with Crippen LogP contribution in [0.3, 0.4) is 0 Å². The predicted octanol–water partition coefficient (Wildman–Crippen LogP) is 4.93. The Morgan fingerprint density at radius 3 is 2.33 bits per heavy atom. The number of hydrogen-bond acceptors (Lipinski definition) is 3. The molecule has 1 aliphatic heterocycles. The summed E-state index contributed by atoms with van der Waals surface area (Å²) in [4.78, 5) is 20.2. The first-order chi connectivity index (χ1) is 14.4. The van der Waals surface area contributed by atoms with E-state index in [4.69, 9.17) is 4.74 Å². The number of amides is 1. The highest BCUT2D eigenvalue weighted by Gasteiger charge is 2.26. The Bertz CT molecular complexity index is 996. The van der Waals surface area contributed by atoms with E-state index >= 15 is 0 Å². The molecule has 1 amide bonds. The maximum Gasteiger partial charge on any atom is 0.410 e. The van der Waals surface area contributed by atoms with E-state index in [2.05, 4.69) is 64.5 Å². The van der Waals surface area contributed by atoms with Gasteiger partial charge in [-0.3, -0.25) is 4.90 Å². The molecule has 2 aromatic carbocycles. The number of piperazine rings is 1. The lowest BCUT2D eigenvalue weighted by Gasteiger charge is -2.35. The van der Waals surface area contributed by atoms with Crippen molar-refractivity contribution in [3.8, 4) is 11.3 Å². The van der Waals surface area contributed by atoms with Gasteiger partial charge in [0.05, 0.1) is 0 Å². The zero-order valence-electron chi connectivity index (χ0n) is 18.1. The number of aromatic amines is 1. The number of nitrogens with one attached hydrogen (secondary N) is 1. The van der Waals surface area contributed by atoms with Gasteiger partial charge in [0.25, 0.3) is 0 Å². The van der Waals surface area contributed by atoms with E-state index in [1.807, 2.05) is 25.7 Å². The molecule has 0 spiro atoms. The summed E-state index contributed by atoms with van der Waals surface area (Å²) in [6.45, 7) is 9.89. The fraction of sp³-hybridized carbons (Fsp3) is 0.400. The van der Waals surface area contributed by atoms with E-state index < -0.39 is 5.60 Å². The van der Waals surface area contributed by atoms with Crippen LogP contribution in [0.1, 0.15) is 26.3 Å². The second kappa shape index (κ2) is 8.52. The van der Waals surface area contributed by atoms with Gasteiger partial charge in [0, 0.05) is 49.3 Å². The van der Waals surface area contributed by atoms with Crippen LogP contribution in [0, 0.1) is 0 Å². The Hall–Kier alpha value is -2.79. The second-order valence-corrected chi connectivity index (χ2v) is 8.95. The molecular weight excluding hydrogens is 374 g/mol. The molecule has 0 saturated carbocycles. The molecule has 158 valence electrons.